The van der Waals surface area contributed by atoms with Crippen molar-refractivity contribution in [3.63, 3.8) is 0 Å². The van der Waals surface area contributed by atoms with Gasteiger partial charge in [0.25, 0.3) is 5.91 Å². The summed E-state index contributed by atoms with van der Waals surface area (Å²) in [6.45, 7) is 1.47. The van der Waals surface area contributed by atoms with Gasteiger partial charge < -0.3 is 14.5 Å². The normalized spacial score (nSPS) is 15.2. The van der Waals surface area contributed by atoms with Gasteiger partial charge in [-0.3, -0.25) is 9.59 Å². The van der Waals surface area contributed by atoms with Crippen LogP contribution in [0.4, 0.5) is 4.39 Å². The van der Waals surface area contributed by atoms with Gasteiger partial charge in [0.1, 0.15) is 12.4 Å². The van der Waals surface area contributed by atoms with Crippen LogP contribution < -0.4 is 0 Å². The lowest BCUT2D eigenvalue weighted by Crippen LogP contribution is -2.47. The number of benzene rings is 2. The first kappa shape index (κ1) is 23.1. The van der Waals surface area contributed by atoms with Gasteiger partial charge in [-0.1, -0.05) is 30.3 Å². The Morgan fingerprint density at radius 1 is 1.12 bits per heavy atom. The summed E-state index contributed by atoms with van der Waals surface area (Å²) in [5.41, 5.74) is 2.49. The maximum Gasteiger partial charge on any atom is 0.254 e. The van der Waals surface area contributed by atoms with Crippen LogP contribution in [0.15, 0.2) is 66.0 Å². The maximum atomic E-state index is 13.6. The average Bonchev–Trinajstić information content (AvgIpc) is 3.32. The predicted molar refractivity (Wildman–Crippen MR) is 127 cm³/mol. The Hall–Kier alpha value is -3.03. The number of carbonyl (C=O) groups is 2. The minimum atomic E-state index is -0.309. The number of fused-ring (bicyclic) bond motifs is 1. The van der Waals surface area contributed by atoms with Crippen molar-refractivity contribution in [2.24, 2.45) is 0 Å². The van der Waals surface area contributed by atoms with E-state index in [-0.39, 0.29) is 30.2 Å². The van der Waals surface area contributed by atoms with E-state index < -0.39 is 0 Å². The SMILES string of the molecule is COCCCN(CC(=O)N1CCc2sccc2C1c1ccc(F)cc1)C(=O)c1ccccc1. The molecule has 2 heterocycles. The molecule has 33 heavy (non-hydrogen) atoms. The van der Waals surface area contributed by atoms with E-state index in [2.05, 4.69) is 0 Å². The van der Waals surface area contributed by atoms with Gasteiger partial charge in [0.2, 0.25) is 5.91 Å². The van der Waals surface area contributed by atoms with Gasteiger partial charge in [-0.05, 0) is 59.7 Å². The van der Waals surface area contributed by atoms with Crippen LogP contribution in [0.5, 0.6) is 0 Å². The van der Waals surface area contributed by atoms with Gasteiger partial charge >= 0.3 is 0 Å². The molecule has 0 saturated heterocycles. The summed E-state index contributed by atoms with van der Waals surface area (Å²) in [5, 5.41) is 2.03. The van der Waals surface area contributed by atoms with Crippen molar-refractivity contribution in [1.82, 2.24) is 9.80 Å². The highest BCUT2D eigenvalue weighted by Crippen LogP contribution is 2.38. The molecule has 1 aliphatic rings. The second-order valence-electron chi connectivity index (χ2n) is 8.03. The van der Waals surface area contributed by atoms with Crippen LogP contribution in [0.3, 0.4) is 0 Å². The summed E-state index contributed by atoms with van der Waals surface area (Å²) in [6, 6.07) is 17.1. The standard InChI is InChI=1S/C26H27FN2O3S/c1-32-16-5-14-28(26(31)20-6-3-2-4-7-20)18-24(30)29-15-12-23-22(13-17-33-23)25(29)19-8-10-21(27)11-9-19/h2-4,6-11,13,17,25H,5,12,14-16,18H2,1H3. The van der Waals surface area contributed by atoms with Crippen LogP contribution in [-0.2, 0) is 16.0 Å². The summed E-state index contributed by atoms with van der Waals surface area (Å²) in [6.07, 6.45) is 1.41. The topological polar surface area (TPSA) is 49.9 Å². The molecule has 7 heteroatoms. The van der Waals surface area contributed by atoms with Crippen LogP contribution in [0.25, 0.3) is 0 Å². The number of ether oxygens (including phenoxy) is 1. The maximum absolute atomic E-state index is 13.6. The number of rotatable bonds is 8. The number of amides is 2. The fourth-order valence-corrected chi connectivity index (χ4v) is 5.16. The van der Waals surface area contributed by atoms with Crippen molar-refractivity contribution in [2.45, 2.75) is 18.9 Å². The molecule has 2 aromatic carbocycles. The van der Waals surface area contributed by atoms with Gasteiger partial charge in [0, 0.05) is 37.2 Å². The molecule has 3 aromatic rings. The third kappa shape index (κ3) is 5.31. The average molecular weight is 467 g/mol. The molecule has 0 spiro atoms. The van der Waals surface area contributed by atoms with Crippen LogP contribution in [0.1, 0.15) is 38.8 Å². The van der Waals surface area contributed by atoms with Crippen molar-refractivity contribution in [2.75, 3.05) is 33.4 Å². The Bertz CT molecular complexity index is 1080. The van der Waals surface area contributed by atoms with Crippen LogP contribution >= 0.6 is 11.3 Å². The molecule has 0 aliphatic carbocycles. The quantitative estimate of drug-likeness (QED) is 0.458. The highest BCUT2D eigenvalue weighted by atomic mass is 32.1. The van der Waals surface area contributed by atoms with Gasteiger partial charge in [-0.2, -0.15) is 0 Å². The zero-order chi connectivity index (χ0) is 23.2. The third-order valence-corrected chi connectivity index (χ3v) is 6.88. The van der Waals surface area contributed by atoms with Gasteiger partial charge in [0.15, 0.2) is 0 Å². The number of methoxy groups -OCH3 is 1. The van der Waals surface area contributed by atoms with E-state index in [9.17, 15) is 14.0 Å². The minimum Gasteiger partial charge on any atom is -0.385 e. The molecular formula is C26H27FN2O3S. The molecule has 1 atom stereocenters. The van der Waals surface area contributed by atoms with Crippen molar-refractivity contribution in [3.8, 4) is 0 Å². The Morgan fingerprint density at radius 2 is 1.88 bits per heavy atom. The van der Waals surface area contributed by atoms with E-state index in [1.165, 1.54) is 17.0 Å². The summed E-state index contributed by atoms with van der Waals surface area (Å²) >= 11 is 1.68. The lowest BCUT2D eigenvalue weighted by Gasteiger charge is -2.37. The molecule has 0 N–H and O–H groups in total. The molecule has 0 saturated carbocycles. The second-order valence-corrected chi connectivity index (χ2v) is 9.03. The van der Waals surface area contributed by atoms with E-state index in [1.54, 1.807) is 47.6 Å². The number of halogens is 1. The molecule has 0 bridgehead atoms. The van der Waals surface area contributed by atoms with Crippen LogP contribution in [0, 0.1) is 5.82 Å². The smallest absolute Gasteiger partial charge is 0.254 e. The first-order chi connectivity index (χ1) is 16.1. The molecule has 1 aromatic heterocycles. The number of nitrogens with zero attached hydrogens (tertiary/aromatic N) is 2. The molecule has 5 nitrogen and oxygen atoms in total. The Kier molecular flexibility index (Phi) is 7.52. The molecule has 0 radical (unpaired) electrons. The van der Waals surface area contributed by atoms with E-state index in [0.717, 1.165) is 17.5 Å². The van der Waals surface area contributed by atoms with Crippen molar-refractivity contribution in [3.05, 3.63) is 93.4 Å². The van der Waals surface area contributed by atoms with Crippen molar-refractivity contribution >= 4 is 23.2 Å². The zero-order valence-corrected chi connectivity index (χ0v) is 19.4. The van der Waals surface area contributed by atoms with Crippen LogP contribution in [-0.4, -0.2) is 55.0 Å². The molecule has 1 aliphatic heterocycles. The largest absolute Gasteiger partial charge is 0.385 e. The van der Waals surface area contributed by atoms with E-state index in [4.69, 9.17) is 4.74 Å². The second kappa shape index (κ2) is 10.7. The molecule has 1 unspecified atom stereocenters. The van der Waals surface area contributed by atoms with E-state index in [1.807, 2.05) is 34.5 Å². The summed E-state index contributed by atoms with van der Waals surface area (Å²) in [4.78, 5) is 31.4. The minimum absolute atomic E-state index is 0.0192. The zero-order valence-electron chi connectivity index (χ0n) is 18.6. The summed E-state index contributed by atoms with van der Waals surface area (Å²) < 4.78 is 18.7. The molecule has 172 valence electrons. The summed E-state index contributed by atoms with van der Waals surface area (Å²) in [7, 11) is 1.62. The first-order valence-electron chi connectivity index (χ1n) is 11.0. The monoisotopic (exact) mass is 466 g/mol. The Labute approximate surface area is 197 Å². The fourth-order valence-electron chi connectivity index (χ4n) is 4.26. The lowest BCUT2D eigenvalue weighted by atomic mass is 9.93. The lowest BCUT2D eigenvalue weighted by molar-refractivity contribution is -0.134. The molecule has 4 rings (SSSR count). The molecular weight excluding hydrogens is 439 g/mol. The van der Waals surface area contributed by atoms with Gasteiger partial charge in [-0.25, -0.2) is 4.39 Å². The predicted octanol–water partition coefficient (Wildman–Crippen LogP) is 4.54. The number of carbonyl (C=O) groups excluding carboxylic acids is 2. The number of hydrogen-bond acceptors (Lipinski definition) is 4. The van der Waals surface area contributed by atoms with Crippen LogP contribution in [0.2, 0.25) is 0 Å². The Morgan fingerprint density at radius 3 is 2.61 bits per heavy atom. The Balaban J connectivity index is 1.59. The van der Waals surface area contributed by atoms with Crippen molar-refractivity contribution in [1.29, 1.82) is 0 Å². The molecule has 0 fully saturated rings. The highest BCUT2D eigenvalue weighted by Gasteiger charge is 2.34. The molecule has 2 amide bonds. The van der Waals surface area contributed by atoms with Gasteiger partial charge in [-0.15, -0.1) is 11.3 Å². The third-order valence-electron chi connectivity index (χ3n) is 5.88. The fraction of sp³-hybridized carbons (Fsp3) is 0.308. The van der Waals surface area contributed by atoms with E-state index in [0.29, 0.717) is 31.7 Å². The van der Waals surface area contributed by atoms with Crippen molar-refractivity contribution < 1.29 is 18.7 Å². The van der Waals surface area contributed by atoms with Gasteiger partial charge in [0.05, 0.1) is 6.04 Å². The highest BCUT2D eigenvalue weighted by molar-refractivity contribution is 7.10. The van der Waals surface area contributed by atoms with E-state index >= 15 is 0 Å². The summed E-state index contributed by atoms with van der Waals surface area (Å²) in [5.74, 6) is -0.606. The first-order valence-corrected chi connectivity index (χ1v) is 11.9. The number of thiophene rings is 1. The number of hydrogen-bond donors (Lipinski definition) is 0.